The number of ether oxygens (including phenoxy) is 1. The van der Waals surface area contributed by atoms with Gasteiger partial charge in [0, 0.05) is 7.05 Å². The van der Waals surface area contributed by atoms with Crippen LogP contribution in [0.4, 0.5) is 5.69 Å². The van der Waals surface area contributed by atoms with Gasteiger partial charge >= 0.3 is 5.97 Å². The molecule has 0 amide bonds. The Hall–Kier alpha value is -1.31. The molecule has 0 aliphatic carbocycles. The maximum atomic E-state index is 12.3. The first-order valence-corrected chi connectivity index (χ1v) is 7.28. The van der Waals surface area contributed by atoms with E-state index in [1.54, 1.807) is 13.0 Å². The van der Waals surface area contributed by atoms with Crippen LogP contribution in [0.25, 0.3) is 0 Å². The third-order valence-corrected chi connectivity index (χ3v) is 4.67. The molecule has 6 nitrogen and oxygen atoms in total. The molecule has 0 aliphatic rings. The summed E-state index contributed by atoms with van der Waals surface area (Å²) in [6.07, 6.45) is 0. The monoisotopic (exact) mass is 306 g/mol. The van der Waals surface area contributed by atoms with Gasteiger partial charge in [-0.15, -0.1) is 0 Å². The molecule has 8 heteroatoms. The molecule has 1 aromatic rings. The molecule has 1 aromatic carbocycles. The van der Waals surface area contributed by atoms with E-state index in [1.807, 2.05) is 0 Å². The lowest BCUT2D eigenvalue weighted by atomic mass is 10.3. The summed E-state index contributed by atoms with van der Waals surface area (Å²) in [6, 6.07) is 4.39. The summed E-state index contributed by atoms with van der Waals surface area (Å²) in [4.78, 5) is 11.1. The first-order valence-electron chi connectivity index (χ1n) is 5.46. The quantitative estimate of drug-likeness (QED) is 0.650. The van der Waals surface area contributed by atoms with E-state index in [0.29, 0.717) is 0 Å². The molecule has 2 N–H and O–H groups in total. The molecule has 0 unspecified atom stereocenters. The molecular formula is C11H15ClN2O4S. The van der Waals surface area contributed by atoms with E-state index in [1.165, 1.54) is 19.2 Å². The number of nitrogens with two attached hydrogens (primary N) is 1. The van der Waals surface area contributed by atoms with Crippen molar-refractivity contribution in [3.8, 4) is 0 Å². The Morgan fingerprint density at radius 3 is 2.63 bits per heavy atom. The normalized spacial score (nSPS) is 11.6. The van der Waals surface area contributed by atoms with E-state index in [-0.39, 0.29) is 22.2 Å². The molecule has 0 saturated carbocycles. The maximum absolute atomic E-state index is 12.3. The van der Waals surface area contributed by atoms with Crippen LogP contribution in [0, 0.1) is 0 Å². The first kappa shape index (κ1) is 15.7. The standard InChI is InChI=1S/C11H15ClN2O4S/c1-3-18-10(15)7-14(2)19(16,17)11-8(12)5-4-6-9(11)13/h4-6H,3,7,13H2,1-2H3. The fourth-order valence-electron chi connectivity index (χ4n) is 1.43. The number of halogens is 1. The smallest absolute Gasteiger partial charge is 0.321 e. The first-order chi connectivity index (χ1) is 8.80. The van der Waals surface area contributed by atoms with Gasteiger partial charge in [0.05, 0.1) is 17.3 Å². The van der Waals surface area contributed by atoms with Crippen LogP contribution in [0.5, 0.6) is 0 Å². The van der Waals surface area contributed by atoms with E-state index >= 15 is 0 Å². The van der Waals surface area contributed by atoms with Crippen molar-refractivity contribution in [2.24, 2.45) is 0 Å². The number of carbonyl (C=O) groups is 1. The molecule has 0 spiro atoms. The lowest BCUT2D eigenvalue weighted by molar-refractivity contribution is -0.143. The Morgan fingerprint density at radius 2 is 2.11 bits per heavy atom. The second-order valence-electron chi connectivity index (χ2n) is 3.72. The summed E-state index contributed by atoms with van der Waals surface area (Å²) < 4.78 is 30.1. The van der Waals surface area contributed by atoms with Crippen molar-refractivity contribution < 1.29 is 17.9 Å². The van der Waals surface area contributed by atoms with Crippen molar-refractivity contribution in [1.82, 2.24) is 4.31 Å². The number of sulfonamides is 1. The number of nitrogens with zero attached hydrogens (tertiary/aromatic N) is 1. The molecule has 0 atom stereocenters. The van der Waals surface area contributed by atoms with Gasteiger partial charge in [0.2, 0.25) is 10.0 Å². The zero-order valence-corrected chi connectivity index (χ0v) is 12.2. The molecule has 0 heterocycles. The van der Waals surface area contributed by atoms with E-state index in [4.69, 9.17) is 22.1 Å². The van der Waals surface area contributed by atoms with Crippen LogP contribution in [0.15, 0.2) is 23.1 Å². The summed E-state index contributed by atoms with van der Waals surface area (Å²) in [7, 11) is -2.68. The highest BCUT2D eigenvalue weighted by Crippen LogP contribution is 2.29. The topological polar surface area (TPSA) is 89.7 Å². The number of likely N-dealkylation sites (N-methyl/N-ethyl adjacent to an activating group) is 1. The summed E-state index contributed by atoms with van der Waals surface area (Å²) in [5, 5.41) is 0.00992. The largest absolute Gasteiger partial charge is 0.465 e. The third-order valence-electron chi connectivity index (χ3n) is 2.32. The lowest BCUT2D eigenvalue weighted by Gasteiger charge is -2.18. The van der Waals surface area contributed by atoms with E-state index in [0.717, 1.165) is 4.31 Å². The van der Waals surface area contributed by atoms with Gasteiger partial charge in [0.15, 0.2) is 0 Å². The average Bonchev–Trinajstić information content (AvgIpc) is 2.28. The predicted octanol–water partition coefficient (Wildman–Crippen LogP) is 1.11. The molecular weight excluding hydrogens is 292 g/mol. The fourth-order valence-corrected chi connectivity index (χ4v) is 3.17. The minimum atomic E-state index is -3.94. The minimum Gasteiger partial charge on any atom is -0.465 e. The molecule has 19 heavy (non-hydrogen) atoms. The highest BCUT2D eigenvalue weighted by atomic mass is 35.5. The summed E-state index contributed by atoms with van der Waals surface area (Å²) >= 11 is 5.85. The summed E-state index contributed by atoms with van der Waals surface area (Å²) in [6.45, 7) is 1.42. The molecule has 0 radical (unpaired) electrons. The van der Waals surface area contributed by atoms with Crippen LogP contribution in [0.1, 0.15) is 6.92 Å². The van der Waals surface area contributed by atoms with Gasteiger partial charge in [-0.25, -0.2) is 8.42 Å². The summed E-state index contributed by atoms with van der Waals surface area (Å²) in [5.74, 6) is -0.640. The van der Waals surface area contributed by atoms with Crippen LogP contribution < -0.4 is 5.73 Å². The number of benzene rings is 1. The van der Waals surface area contributed by atoms with Crippen molar-refractivity contribution in [3.05, 3.63) is 23.2 Å². The Balaban J connectivity index is 3.07. The van der Waals surface area contributed by atoms with Gasteiger partial charge in [-0.1, -0.05) is 17.7 Å². The Morgan fingerprint density at radius 1 is 1.47 bits per heavy atom. The maximum Gasteiger partial charge on any atom is 0.321 e. The zero-order valence-electron chi connectivity index (χ0n) is 10.6. The predicted molar refractivity (Wildman–Crippen MR) is 72.3 cm³/mol. The van der Waals surface area contributed by atoms with Crippen molar-refractivity contribution in [2.75, 3.05) is 25.9 Å². The number of rotatable bonds is 5. The highest BCUT2D eigenvalue weighted by molar-refractivity contribution is 7.89. The van der Waals surface area contributed by atoms with Gasteiger partial charge in [-0.05, 0) is 19.1 Å². The van der Waals surface area contributed by atoms with Gasteiger partial charge < -0.3 is 10.5 Å². The number of hydrogen-bond donors (Lipinski definition) is 1. The Kier molecular flexibility index (Phi) is 5.16. The summed E-state index contributed by atoms with van der Waals surface area (Å²) in [5.41, 5.74) is 5.66. The van der Waals surface area contributed by atoms with Crippen LogP contribution >= 0.6 is 11.6 Å². The van der Waals surface area contributed by atoms with Crippen molar-refractivity contribution in [1.29, 1.82) is 0 Å². The minimum absolute atomic E-state index is 0.00992. The van der Waals surface area contributed by atoms with Crippen LogP contribution in [-0.2, 0) is 19.6 Å². The lowest BCUT2D eigenvalue weighted by Crippen LogP contribution is -2.33. The SMILES string of the molecule is CCOC(=O)CN(C)S(=O)(=O)c1c(N)cccc1Cl. The van der Waals surface area contributed by atoms with Crippen molar-refractivity contribution in [2.45, 2.75) is 11.8 Å². The van der Waals surface area contributed by atoms with Crippen LogP contribution in [0.3, 0.4) is 0 Å². The Labute approximate surface area is 117 Å². The molecule has 0 saturated heterocycles. The van der Waals surface area contributed by atoms with E-state index < -0.39 is 22.5 Å². The number of esters is 1. The fraction of sp³-hybridized carbons (Fsp3) is 0.364. The molecule has 1 rings (SSSR count). The van der Waals surface area contributed by atoms with E-state index in [2.05, 4.69) is 0 Å². The van der Waals surface area contributed by atoms with E-state index in [9.17, 15) is 13.2 Å². The third kappa shape index (κ3) is 3.59. The van der Waals surface area contributed by atoms with Crippen molar-refractivity contribution >= 4 is 33.3 Å². The van der Waals surface area contributed by atoms with Crippen LogP contribution in [0.2, 0.25) is 5.02 Å². The van der Waals surface area contributed by atoms with Gasteiger partial charge in [-0.3, -0.25) is 4.79 Å². The number of nitrogen functional groups attached to an aromatic ring is 1. The molecule has 0 bridgehead atoms. The zero-order chi connectivity index (χ0) is 14.6. The average molecular weight is 307 g/mol. The molecule has 0 fully saturated rings. The van der Waals surface area contributed by atoms with Crippen LogP contribution in [-0.4, -0.2) is 38.9 Å². The second kappa shape index (κ2) is 6.23. The van der Waals surface area contributed by atoms with Gasteiger partial charge in [0.1, 0.15) is 11.4 Å². The van der Waals surface area contributed by atoms with Crippen molar-refractivity contribution in [3.63, 3.8) is 0 Å². The number of carbonyl (C=O) groups excluding carboxylic acids is 1. The highest BCUT2D eigenvalue weighted by Gasteiger charge is 2.27. The second-order valence-corrected chi connectivity index (χ2v) is 6.11. The molecule has 0 aliphatic heterocycles. The number of anilines is 1. The Bertz CT molecular complexity index is 554. The van der Waals surface area contributed by atoms with Gasteiger partial charge in [-0.2, -0.15) is 4.31 Å². The molecule has 106 valence electrons. The molecule has 0 aromatic heterocycles. The number of hydrogen-bond acceptors (Lipinski definition) is 5. The van der Waals surface area contributed by atoms with Gasteiger partial charge in [0.25, 0.3) is 0 Å².